The molecule has 6 heteroatoms. The van der Waals surface area contributed by atoms with Crippen molar-refractivity contribution in [3.8, 4) is 5.75 Å². The molecule has 0 fully saturated rings. The second-order valence-electron chi connectivity index (χ2n) is 5.47. The van der Waals surface area contributed by atoms with Crippen LogP contribution in [0.5, 0.6) is 5.75 Å². The van der Waals surface area contributed by atoms with Crippen LogP contribution in [-0.4, -0.2) is 25.5 Å². The third-order valence-electron chi connectivity index (χ3n) is 3.71. The number of carbonyl (C=O) groups excluding carboxylic acids is 2. The first-order valence-corrected chi connectivity index (χ1v) is 8.38. The van der Waals surface area contributed by atoms with Crippen molar-refractivity contribution in [2.45, 2.75) is 19.8 Å². The molecule has 2 amide bonds. The van der Waals surface area contributed by atoms with Crippen LogP contribution in [0.15, 0.2) is 42.5 Å². The molecule has 0 radical (unpaired) electrons. The molecule has 0 saturated carbocycles. The van der Waals surface area contributed by atoms with Gasteiger partial charge in [-0.1, -0.05) is 36.7 Å². The Balaban J connectivity index is 1.89. The first kappa shape index (κ1) is 18.8. The summed E-state index contributed by atoms with van der Waals surface area (Å²) < 4.78 is 5.21. The second-order valence-corrected chi connectivity index (χ2v) is 5.90. The first-order valence-electron chi connectivity index (χ1n) is 8.00. The maximum Gasteiger partial charge on any atom is 0.243 e. The van der Waals surface area contributed by atoms with E-state index in [2.05, 4.69) is 10.6 Å². The van der Waals surface area contributed by atoms with E-state index in [0.29, 0.717) is 16.3 Å². The van der Waals surface area contributed by atoms with Crippen molar-refractivity contribution in [1.82, 2.24) is 5.32 Å². The molecular formula is C19H21ClN2O3. The highest BCUT2D eigenvalue weighted by atomic mass is 35.5. The molecule has 25 heavy (non-hydrogen) atoms. The van der Waals surface area contributed by atoms with Crippen LogP contribution in [0.3, 0.4) is 0 Å². The Morgan fingerprint density at radius 3 is 2.56 bits per heavy atom. The van der Waals surface area contributed by atoms with Gasteiger partial charge in [0.25, 0.3) is 0 Å². The SMILES string of the molecule is CCc1ccccc1NC(=O)CNC(=O)Cc1cc(Cl)ccc1OC. The highest BCUT2D eigenvalue weighted by Crippen LogP contribution is 2.23. The van der Waals surface area contributed by atoms with Crippen LogP contribution in [0.2, 0.25) is 5.02 Å². The summed E-state index contributed by atoms with van der Waals surface area (Å²) in [4.78, 5) is 24.1. The molecule has 0 aliphatic heterocycles. The zero-order valence-electron chi connectivity index (χ0n) is 14.3. The number of anilines is 1. The van der Waals surface area contributed by atoms with Crippen LogP contribution in [0, 0.1) is 0 Å². The number of para-hydroxylation sites is 1. The summed E-state index contributed by atoms with van der Waals surface area (Å²) in [6.45, 7) is 1.92. The number of hydrogen-bond acceptors (Lipinski definition) is 3. The van der Waals surface area contributed by atoms with Crippen LogP contribution in [0.25, 0.3) is 0 Å². The van der Waals surface area contributed by atoms with Crippen molar-refractivity contribution >= 4 is 29.1 Å². The summed E-state index contributed by atoms with van der Waals surface area (Å²) in [5.41, 5.74) is 2.48. The number of nitrogens with one attached hydrogen (secondary N) is 2. The molecule has 0 unspecified atom stereocenters. The number of carbonyl (C=O) groups is 2. The Morgan fingerprint density at radius 1 is 1.08 bits per heavy atom. The fraction of sp³-hybridized carbons (Fsp3) is 0.263. The largest absolute Gasteiger partial charge is 0.496 e. The van der Waals surface area contributed by atoms with Gasteiger partial charge in [0.15, 0.2) is 0 Å². The molecule has 0 spiro atoms. The molecule has 132 valence electrons. The Hall–Kier alpha value is -2.53. The monoisotopic (exact) mass is 360 g/mol. The molecule has 5 nitrogen and oxygen atoms in total. The average Bonchev–Trinajstić information content (AvgIpc) is 2.60. The number of benzene rings is 2. The maximum atomic E-state index is 12.1. The van der Waals surface area contributed by atoms with E-state index in [0.717, 1.165) is 17.7 Å². The molecule has 0 bridgehead atoms. The Bertz CT molecular complexity index is 762. The quantitative estimate of drug-likeness (QED) is 0.796. The molecule has 0 heterocycles. The lowest BCUT2D eigenvalue weighted by Crippen LogP contribution is -2.34. The Morgan fingerprint density at radius 2 is 1.84 bits per heavy atom. The Kier molecular flexibility index (Phi) is 6.83. The van der Waals surface area contributed by atoms with Crippen LogP contribution >= 0.6 is 11.6 Å². The molecule has 2 aromatic carbocycles. The van der Waals surface area contributed by atoms with Crippen molar-refractivity contribution < 1.29 is 14.3 Å². The molecule has 2 aromatic rings. The van der Waals surface area contributed by atoms with E-state index in [-0.39, 0.29) is 24.8 Å². The van der Waals surface area contributed by atoms with Gasteiger partial charge in [0.2, 0.25) is 11.8 Å². The predicted molar refractivity (Wildman–Crippen MR) is 99.2 cm³/mol. The van der Waals surface area contributed by atoms with Crippen LogP contribution in [0.1, 0.15) is 18.1 Å². The van der Waals surface area contributed by atoms with Gasteiger partial charge in [-0.3, -0.25) is 9.59 Å². The number of amides is 2. The smallest absolute Gasteiger partial charge is 0.243 e. The normalized spacial score (nSPS) is 10.2. The van der Waals surface area contributed by atoms with Gasteiger partial charge in [-0.25, -0.2) is 0 Å². The number of halogens is 1. The number of aryl methyl sites for hydroxylation is 1. The average molecular weight is 361 g/mol. The van der Waals surface area contributed by atoms with Gasteiger partial charge in [0, 0.05) is 16.3 Å². The minimum Gasteiger partial charge on any atom is -0.496 e. The Labute approximate surface area is 152 Å². The molecule has 0 aliphatic carbocycles. The van der Waals surface area contributed by atoms with E-state index >= 15 is 0 Å². The lowest BCUT2D eigenvalue weighted by Gasteiger charge is -2.11. The lowest BCUT2D eigenvalue weighted by molar-refractivity contribution is -0.123. The number of methoxy groups -OCH3 is 1. The highest BCUT2D eigenvalue weighted by Gasteiger charge is 2.11. The van der Waals surface area contributed by atoms with Crippen LogP contribution < -0.4 is 15.4 Å². The molecule has 0 aromatic heterocycles. The molecular weight excluding hydrogens is 340 g/mol. The lowest BCUT2D eigenvalue weighted by atomic mass is 10.1. The molecule has 0 atom stereocenters. The first-order chi connectivity index (χ1) is 12.0. The zero-order chi connectivity index (χ0) is 18.2. The minimum absolute atomic E-state index is 0.0859. The summed E-state index contributed by atoms with van der Waals surface area (Å²) in [6, 6.07) is 12.7. The van der Waals surface area contributed by atoms with Crippen LogP contribution in [-0.2, 0) is 22.4 Å². The molecule has 0 saturated heterocycles. The third-order valence-corrected chi connectivity index (χ3v) is 3.95. The van der Waals surface area contributed by atoms with E-state index in [1.165, 1.54) is 7.11 Å². The third kappa shape index (κ3) is 5.50. The van der Waals surface area contributed by atoms with Gasteiger partial charge in [-0.2, -0.15) is 0 Å². The van der Waals surface area contributed by atoms with Crippen molar-refractivity contribution in [2.24, 2.45) is 0 Å². The van der Waals surface area contributed by atoms with Gasteiger partial charge in [-0.05, 0) is 36.2 Å². The van der Waals surface area contributed by atoms with Gasteiger partial charge in [0.1, 0.15) is 5.75 Å². The summed E-state index contributed by atoms with van der Waals surface area (Å²) in [5.74, 6) is 0.0349. The van der Waals surface area contributed by atoms with Crippen molar-refractivity contribution in [2.75, 3.05) is 19.0 Å². The van der Waals surface area contributed by atoms with E-state index in [1.807, 2.05) is 31.2 Å². The number of ether oxygens (including phenoxy) is 1. The van der Waals surface area contributed by atoms with Gasteiger partial charge >= 0.3 is 0 Å². The highest BCUT2D eigenvalue weighted by molar-refractivity contribution is 6.30. The summed E-state index contributed by atoms with van der Waals surface area (Å²) in [5, 5.41) is 5.95. The van der Waals surface area contributed by atoms with Crippen molar-refractivity contribution in [1.29, 1.82) is 0 Å². The maximum absolute atomic E-state index is 12.1. The van der Waals surface area contributed by atoms with E-state index in [9.17, 15) is 9.59 Å². The van der Waals surface area contributed by atoms with Gasteiger partial charge in [-0.15, -0.1) is 0 Å². The fourth-order valence-corrected chi connectivity index (χ4v) is 2.64. The summed E-state index contributed by atoms with van der Waals surface area (Å²) in [7, 11) is 1.53. The van der Waals surface area contributed by atoms with Gasteiger partial charge in [0.05, 0.1) is 20.1 Å². The molecule has 2 N–H and O–H groups in total. The van der Waals surface area contributed by atoms with E-state index in [1.54, 1.807) is 18.2 Å². The van der Waals surface area contributed by atoms with Crippen molar-refractivity contribution in [3.63, 3.8) is 0 Å². The number of rotatable bonds is 7. The molecule has 0 aliphatic rings. The summed E-state index contributed by atoms with van der Waals surface area (Å²) in [6.07, 6.45) is 0.903. The van der Waals surface area contributed by atoms with E-state index in [4.69, 9.17) is 16.3 Å². The fourth-order valence-electron chi connectivity index (χ4n) is 2.44. The second kappa shape index (κ2) is 9.08. The summed E-state index contributed by atoms with van der Waals surface area (Å²) >= 11 is 5.95. The minimum atomic E-state index is -0.278. The van der Waals surface area contributed by atoms with Crippen LogP contribution in [0.4, 0.5) is 5.69 Å². The molecule has 2 rings (SSSR count). The van der Waals surface area contributed by atoms with E-state index < -0.39 is 0 Å². The van der Waals surface area contributed by atoms with Crippen molar-refractivity contribution in [3.05, 3.63) is 58.6 Å². The zero-order valence-corrected chi connectivity index (χ0v) is 15.0. The topological polar surface area (TPSA) is 67.4 Å². The number of hydrogen-bond donors (Lipinski definition) is 2. The standard InChI is InChI=1S/C19H21ClN2O3/c1-3-13-6-4-5-7-16(13)22-19(24)12-21-18(23)11-14-10-15(20)8-9-17(14)25-2/h4-10H,3,11-12H2,1-2H3,(H,21,23)(H,22,24). The van der Waals surface area contributed by atoms with Gasteiger partial charge < -0.3 is 15.4 Å². The predicted octanol–water partition coefficient (Wildman–Crippen LogP) is 3.21.